The van der Waals surface area contributed by atoms with Gasteiger partial charge in [-0.1, -0.05) is 34.1 Å². The highest BCUT2D eigenvalue weighted by Crippen LogP contribution is 2.09. The molecule has 0 spiro atoms. The van der Waals surface area contributed by atoms with Crippen LogP contribution in [0.25, 0.3) is 0 Å². The molecule has 0 aromatic rings. The van der Waals surface area contributed by atoms with Crippen molar-refractivity contribution in [1.82, 2.24) is 92.4 Å². The predicted molar refractivity (Wildman–Crippen MR) is 462 cm³/mol. The van der Waals surface area contributed by atoms with E-state index in [9.17, 15) is 0 Å². The van der Waals surface area contributed by atoms with Crippen molar-refractivity contribution in [1.29, 1.82) is 0 Å². The lowest BCUT2D eigenvalue weighted by molar-refractivity contribution is 0.0306. The summed E-state index contributed by atoms with van der Waals surface area (Å²) in [5.41, 5.74) is 4.88. The molecule has 22 N–H and O–H groups in total. The van der Waals surface area contributed by atoms with E-state index in [0.717, 1.165) is 242 Å². The first-order valence-corrected chi connectivity index (χ1v) is 43.4. The Kier molecular flexibility index (Phi) is 90.4. The van der Waals surface area contributed by atoms with Gasteiger partial charge in [-0.25, -0.2) is 0 Å². The standard InChI is InChI=1S/C7H16N2O.C7H15NO.C6H14N2O.C6H13NO2.2C6H13NO.C5H12N2.2C5H11NO.C5H13NO.C5H11N.C4H10N2.C4H9NO.C4H11NO.C4H9N.CH4/c1-8-2-4-9(5-3-8)6-7-10;9-7-6-8-4-2-1-3-5-8;9-6-5-8-3-1-7-2-4-8;8-4-1-7-2-5-9-6-3-7;1-7-4-2-6(8)3-5-7;8-6-5-7-3-1-2-4-7;1-7-4-2-6-3-5-7;7-5-1-3-6-4-2-5;7-4-5-2-1-3-6-5;1-5(2)6-3-4-7;1-2-4-6-5-3-1;1-2-6-4-3-5-1;1-3-6-4-2-5-1;1-4(2,5)3-6;1-2-4-5-3-1;/h10H,2-7H2,1H3;9H,1-7H2;7,9H,1-6H2;8H,1-6H2;6,8H,2-5H2,1H3;8H,1-6H2;6H,2-5H2,1H3;2*5-7H,1-4H2;5-7H,3-4H2,1-2H3;6H,1-5H2;5-6H,1-4H2;5H,1-4H2;6H,3,5H2,1-2H3;5H,1-4H2;1H4. The molecule has 1 atom stereocenters. The van der Waals surface area contributed by atoms with Gasteiger partial charge in [0.15, 0.2) is 0 Å². The Bertz CT molecular complexity index is 1560. The highest BCUT2D eigenvalue weighted by molar-refractivity contribution is 4.74. The summed E-state index contributed by atoms with van der Waals surface area (Å²) in [6.45, 7) is 55.1. The fraction of sp³-hybridized carbons (Fsp3) is 1.00. The van der Waals surface area contributed by atoms with Crippen molar-refractivity contribution in [2.45, 2.75) is 168 Å². The molecule has 0 aromatic heterocycles. The minimum absolute atomic E-state index is 0. The number of nitrogens with one attached hydrogen (secondary N) is 10. The molecule has 13 aliphatic heterocycles. The van der Waals surface area contributed by atoms with E-state index in [1.54, 1.807) is 13.8 Å². The molecule has 1 unspecified atom stereocenters. The van der Waals surface area contributed by atoms with Gasteiger partial charge < -0.3 is 144 Å². The van der Waals surface area contributed by atoms with E-state index in [1.165, 1.54) is 136 Å². The van der Waals surface area contributed by atoms with Gasteiger partial charge in [0.1, 0.15) is 0 Å². The van der Waals surface area contributed by atoms with Gasteiger partial charge in [-0.15, -0.1) is 0 Å². The van der Waals surface area contributed by atoms with E-state index < -0.39 is 5.54 Å². The van der Waals surface area contributed by atoms with Crippen molar-refractivity contribution in [3.8, 4) is 0 Å². The van der Waals surface area contributed by atoms with Gasteiger partial charge in [0.25, 0.3) is 0 Å². The maximum absolute atomic E-state index is 9.00. The Balaban J connectivity index is -0.00000113. The molecule has 0 amide bonds. The van der Waals surface area contributed by atoms with Crippen molar-refractivity contribution in [3.63, 3.8) is 0 Å². The number of ether oxygens (including phenoxy) is 2. The number of likely N-dealkylation sites (tertiary alicyclic amines) is 3. The average Bonchev–Trinajstić information content (AvgIpc) is 1.89. The molecule has 111 heavy (non-hydrogen) atoms. The molecule has 0 saturated carbocycles. The highest BCUT2D eigenvalue weighted by Gasteiger charge is 2.16. The summed E-state index contributed by atoms with van der Waals surface area (Å²) in [5.74, 6) is 0. The monoisotopic (exact) mass is 1600 g/mol. The quantitative estimate of drug-likeness (QED) is 0.0791. The molecule has 31 nitrogen and oxygen atoms in total. The second-order valence-corrected chi connectivity index (χ2v) is 30.9. The topological polar surface area (TPSA) is 393 Å². The van der Waals surface area contributed by atoms with Crippen molar-refractivity contribution in [3.05, 3.63) is 0 Å². The third-order valence-corrected chi connectivity index (χ3v) is 19.4. The number of hydrogen-bond donors (Lipinski definition) is 21. The normalized spacial score (nSPS) is 22.5. The maximum atomic E-state index is 9.00. The molecule has 13 fully saturated rings. The van der Waals surface area contributed by atoms with Crippen LogP contribution >= 0.6 is 0 Å². The van der Waals surface area contributed by atoms with Gasteiger partial charge in [0.05, 0.1) is 91.5 Å². The zero-order chi connectivity index (χ0) is 81.3. The van der Waals surface area contributed by atoms with Crippen LogP contribution in [-0.4, -0.2) is 476 Å². The van der Waals surface area contributed by atoms with Gasteiger partial charge in [-0.2, -0.15) is 0 Å². The van der Waals surface area contributed by atoms with Gasteiger partial charge in [-0.05, 0) is 197 Å². The summed E-state index contributed by atoms with van der Waals surface area (Å²) < 4.78 is 10.1. The molecule has 0 aliphatic carbocycles. The van der Waals surface area contributed by atoms with Crippen LogP contribution in [0.15, 0.2) is 0 Å². The third kappa shape index (κ3) is 86.4. The SMILES string of the molecule is C.C1CCNC1.C1CCNCC1.C1CNCCN1.C1COCCN1.CC(C)(N)CO.CC(C)NCCO.CN1CCC(O)CC1.CN1CCN(CCO)CC1.CN1CCNCC1.OC1CCNCC1.OCC1CCCN1.OCCN1CCCC1.OCCN1CCCCC1.OCCN1CCNCC1.OCCN1CCOCC1. The Morgan fingerprint density at radius 3 is 0.964 bits per heavy atom. The molecule has 0 bridgehead atoms. The second kappa shape index (κ2) is 88.1. The Morgan fingerprint density at radius 2 is 0.685 bits per heavy atom. The van der Waals surface area contributed by atoms with Crippen LogP contribution in [0.3, 0.4) is 0 Å². The summed E-state index contributed by atoms with van der Waals surface area (Å²) in [6, 6.07) is 0.896. The first-order chi connectivity index (χ1) is 53.4. The van der Waals surface area contributed by atoms with E-state index in [1.807, 2.05) is 0 Å². The molecule has 0 radical (unpaired) electrons. The summed E-state index contributed by atoms with van der Waals surface area (Å²) in [4.78, 5) is 18.3. The van der Waals surface area contributed by atoms with Gasteiger partial charge >= 0.3 is 0 Å². The van der Waals surface area contributed by atoms with Crippen LogP contribution in [0, 0.1) is 0 Å². The Labute approximate surface area is 679 Å². The van der Waals surface area contributed by atoms with Crippen LogP contribution < -0.4 is 58.9 Å². The number of rotatable bonds is 15. The molecule has 31 heteroatoms. The predicted octanol–water partition coefficient (Wildman–Crippen LogP) is -2.74. The van der Waals surface area contributed by atoms with E-state index in [-0.39, 0.29) is 39.5 Å². The molecule has 13 rings (SSSR count). The van der Waals surface area contributed by atoms with Gasteiger partial charge in [-0.3, -0.25) is 14.7 Å². The maximum Gasteiger partial charge on any atom is 0.0605 e. The van der Waals surface area contributed by atoms with Crippen LogP contribution in [0.1, 0.15) is 138 Å². The number of β-amino-alcohol motifs (C(OH)–C–C–N with tert-alkyl or cyclic N) is 5. The first kappa shape index (κ1) is 114. The fourth-order valence-corrected chi connectivity index (χ4v) is 12.1. The number of aliphatic hydroxyl groups is 10. The highest BCUT2D eigenvalue weighted by atomic mass is 16.5. The molecular weight excluding hydrogens is 1420 g/mol. The molecular formula is C80H185N19O12. The fourth-order valence-electron chi connectivity index (χ4n) is 12.1. The van der Waals surface area contributed by atoms with Gasteiger partial charge in [0, 0.05) is 201 Å². The molecule has 13 aliphatic rings. The number of nitrogens with two attached hydrogens (primary N) is 1. The van der Waals surface area contributed by atoms with Crippen LogP contribution in [0.4, 0.5) is 0 Å². The van der Waals surface area contributed by atoms with Gasteiger partial charge in [0.2, 0.25) is 0 Å². The first-order valence-electron chi connectivity index (χ1n) is 43.4. The smallest absolute Gasteiger partial charge is 0.0605 e. The average molecular weight is 1610 g/mol. The van der Waals surface area contributed by atoms with Crippen molar-refractivity contribution in [2.24, 2.45) is 5.73 Å². The number of piperazine rings is 4. The van der Waals surface area contributed by atoms with Crippen molar-refractivity contribution < 1.29 is 60.5 Å². The number of likely N-dealkylation sites (N-methyl/N-ethyl adjacent to an activating group) is 2. The molecule has 0 aromatic carbocycles. The number of aliphatic hydroxyl groups excluding tert-OH is 10. The number of morpholine rings is 2. The largest absolute Gasteiger partial charge is 0.395 e. The van der Waals surface area contributed by atoms with Crippen LogP contribution in [-0.2, 0) is 9.47 Å². The lowest BCUT2D eigenvalue weighted by Crippen LogP contribution is -2.45. The Morgan fingerprint density at radius 1 is 0.351 bits per heavy atom. The summed E-state index contributed by atoms with van der Waals surface area (Å²) in [7, 11) is 6.38. The number of piperidine rings is 4. The van der Waals surface area contributed by atoms with Crippen molar-refractivity contribution >= 4 is 0 Å². The zero-order valence-electron chi connectivity index (χ0n) is 71.6. The summed E-state index contributed by atoms with van der Waals surface area (Å²) in [5, 5.41) is 118. The van der Waals surface area contributed by atoms with Crippen molar-refractivity contribution in [2.75, 3.05) is 356 Å². The molecule has 672 valence electrons. The second-order valence-electron chi connectivity index (χ2n) is 30.9. The van der Waals surface area contributed by atoms with E-state index in [4.69, 9.17) is 66.3 Å². The lowest BCUT2D eigenvalue weighted by Gasteiger charge is -2.31. The summed E-state index contributed by atoms with van der Waals surface area (Å²) >= 11 is 0. The summed E-state index contributed by atoms with van der Waals surface area (Å²) in [6.07, 6.45) is 19.7. The third-order valence-electron chi connectivity index (χ3n) is 19.4. The molecule has 13 saturated heterocycles. The van der Waals surface area contributed by atoms with Crippen LogP contribution in [0.2, 0.25) is 0 Å². The number of hydrogen-bond acceptors (Lipinski definition) is 31. The Hall–Kier alpha value is -1.24. The lowest BCUT2D eigenvalue weighted by atomic mass is 10.1. The van der Waals surface area contributed by atoms with Crippen LogP contribution in [0.5, 0.6) is 0 Å². The zero-order valence-corrected chi connectivity index (χ0v) is 71.6. The molecule has 13 heterocycles. The van der Waals surface area contributed by atoms with E-state index in [2.05, 4.69) is 127 Å². The minimum Gasteiger partial charge on any atom is -0.395 e. The number of nitrogens with zero attached hydrogens (tertiary/aromatic N) is 8. The minimum atomic E-state index is -0.403. The van der Waals surface area contributed by atoms with E-state index in [0.29, 0.717) is 51.7 Å². The van der Waals surface area contributed by atoms with E-state index >= 15 is 0 Å².